The van der Waals surface area contributed by atoms with Crippen LogP contribution in [-0.2, 0) is 9.53 Å². The minimum absolute atomic E-state index is 0.0629. The van der Waals surface area contributed by atoms with Gasteiger partial charge in [0.1, 0.15) is 24.1 Å². The molecule has 1 aromatic heterocycles. The van der Waals surface area contributed by atoms with Crippen molar-refractivity contribution in [3.63, 3.8) is 0 Å². The molecule has 0 radical (unpaired) electrons. The van der Waals surface area contributed by atoms with E-state index in [-0.39, 0.29) is 24.2 Å². The van der Waals surface area contributed by atoms with Crippen LogP contribution in [0.1, 0.15) is 70.0 Å². The van der Waals surface area contributed by atoms with Crippen LogP contribution in [0.4, 0.5) is 21.6 Å². The summed E-state index contributed by atoms with van der Waals surface area (Å²) in [4.78, 5) is 24.8. The van der Waals surface area contributed by atoms with E-state index >= 15 is 0 Å². The molecule has 1 atom stereocenters. The van der Waals surface area contributed by atoms with Crippen molar-refractivity contribution >= 4 is 23.1 Å². The van der Waals surface area contributed by atoms with Gasteiger partial charge in [-0.1, -0.05) is 36.6 Å². The summed E-state index contributed by atoms with van der Waals surface area (Å²) < 4.78 is 19.5. The molecule has 2 aromatic carbocycles. The highest BCUT2D eigenvalue weighted by molar-refractivity contribution is 5.92. The number of nitrogens with one attached hydrogen (secondary N) is 2. The number of ether oxygens (including phenoxy) is 1. The number of likely N-dealkylation sites (tertiary alicyclic amines) is 1. The Labute approximate surface area is 247 Å². The third-order valence-corrected chi connectivity index (χ3v) is 8.64. The van der Waals surface area contributed by atoms with Gasteiger partial charge in [0.25, 0.3) is 0 Å². The van der Waals surface area contributed by atoms with E-state index in [1.54, 1.807) is 11.6 Å². The van der Waals surface area contributed by atoms with Crippen LogP contribution in [0.2, 0.25) is 0 Å². The molecule has 0 spiro atoms. The van der Waals surface area contributed by atoms with Crippen molar-refractivity contribution in [2.24, 2.45) is 5.92 Å². The molecule has 3 fully saturated rings. The molecule has 0 bridgehead atoms. The average molecular weight is 570 g/mol. The molecule has 8 heteroatoms. The third-order valence-electron chi connectivity index (χ3n) is 8.64. The maximum atomic E-state index is 13.9. The topological polar surface area (TPSA) is 79.4 Å². The van der Waals surface area contributed by atoms with Crippen LogP contribution in [0.5, 0.6) is 0 Å². The Morgan fingerprint density at radius 3 is 2.60 bits per heavy atom. The number of hydrogen-bond acceptors (Lipinski definition) is 6. The van der Waals surface area contributed by atoms with Gasteiger partial charge >= 0.3 is 0 Å². The molecule has 220 valence electrons. The second-order valence-electron chi connectivity index (χ2n) is 11.9. The number of halogens is 1. The first-order valence-corrected chi connectivity index (χ1v) is 15.3. The number of anilines is 3. The van der Waals surface area contributed by atoms with Crippen LogP contribution in [0.25, 0.3) is 11.3 Å². The summed E-state index contributed by atoms with van der Waals surface area (Å²) in [7, 11) is 0. The number of hydrogen-bond donors (Lipinski definition) is 2. The maximum Gasteiger partial charge on any atom is 0.250 e. The monoisotopic (exact) mass is 569 g/mol. The summed E-state index contributed by atoms with van der Waals surface area (Å²) in [6.45, 7) is 4.92. The number of benzene rings is 2. The minimum Gasteiger partial charge on any atom is -0.374 e. The highest BCUT2D eigenvalue weighted by atomic mass is 19.1. The number of aromatic nitrogens is 2. The van der Waals surface area contributed by atoms with Crippen LogP contribution in [0.3, 0.4) is 0 Å². The number of carbonyl (C=O) groups is 1. The number of amides is 1. The molecular formula is C34H40FN5O2. The standard InChI is InChI=1S/C34H40FN5O2/c1-23(25-5-2-6-25)40-17-4-7-27(21-40)34-38-31(20-32(39-34)36-30-9-3-8-28(35)19-30)26-12-14-29(15-13-26)37-33(41)22-42-18-16-24-10-11-24/h3,8-9,12-15,19-20,24,27H,2,4-7,10-11,16-18,21-22H2,1H3,(H,37,41)(H,36,38,39). The zero-order valence-corrected chi connectivity index (χ0v) is 24.4. The zero-order valence-electron chi connectivity index (χ0n) is 24.4. The smallest absolute Gasteiger partial charge is 0.250 e. The number of piperidine rings is 1. The largest absolute Gasteiger partial charge is 0.374 e. The van der Waals surface area contributed by atoms with Gasteiger partial charge in [-0.3, -0.25) is 4.79 Å². The molecule has 2 heterocycles. The molecule has 2 aliphatic carbocycles. The molecule has 1 unspecified atom stereocenters. The molecule has 1 aliphatic heterocycles. The van der Waals surface area contributed by atoms with E-state index in [1.165, 1.54) is 49.9 Å². The Kier molecular flexibility index (Phi) is 8.79. The summed E-state index contributed by atoms with van der Waals surface area (Å²) in [5.41, 5.74) is 6.05. The number of carbonyl (C=O) groups excluding carboxylic acids is 1. The predicted molar refractivity (Wildman–Crippen MR) is 164 cm³/mol. The highest BCUT2D eigenvalue weighted by Gasteiger charge is 2.27. The van der Waals surface area contributed by atoms with Gasteiger partial charge in [-0.05, 0) is 81.7 Å². The van der Waals surface area contributed by atoms with Gasteiger partial charge < -0.3 is 20.3 Å². The van der Waals surface area contributed by atoms with Crippen molar-refractivity contribution in [2.45, 2.75) is 64.2 Å². The van der Waals surface area contributed by atoms with Gasteiger partial charge in [0.2, 0.25) is 5.91 Å². The molecule has 3 aliphatic rings. The predicted octanol–water partition coefficient (Wildman–Crippen LogP) is 7.42. The van der Waals surface area contributed by atoms with E-state index in [0.717, 1.165) is 55.4 Å². The second-order valence-corrected chi connectivity index (χ2v) is 11.9. The van der Waals surface area contributed by atoms with Crippen molar-refractivity contribution < 1.29 is 13.9 Å². The lowest BCUT2D eigenvalue weighted by Gasteiger charge is -2.37. The van der Waals surface area contributed by atoms with E-state index < -0.39 is 0 Å². The van der Waals surface area contributed by atoms with Crippen molar-refractivity contribution in [1.29, 1.82) is 0 Å². The maximum absolute atomic E-state index is 13.9. The fourth-order valence-electron chi connectivity index (χ4n) is 5.75. The third kappa shape index (κ3) is 7.34. The Bertz CT molecular complexity index is 1430. The summed E-state index contributed by atoms with van der Waals surface area (Å²) >= 11 is 0. The SMILES string of the molecule is CC(=C1CCC1)N1CCCC(c2nc(Nc3cccc(F)c3)cc(-c3ccc(NC(=O)COCCC4CC4)cc3)n2)C1. The first-order valence-electron chi connectivity index (χ1n) is 15.3. The van der Waals surface area contributed by atoms with Crippen LogP contribution in [0.15, 0.2) is 65.9 Å². The van der Waals surface area contributed by atoms with Crippen LogP contribution in [-0.4, -0.2) is 47.1 Å². The normalized spacial score (nSPS) is 18.4. The molecule has 3 aromatic rings. The Balaban J connectivity index is 1.20. The van der Waals surface area contributed by atoms with Crippen molar-refractivity contribution in [3.05, 3.63) is 77.5 Å². The molecule has 6 rings (SSSR count). The lowest BCUT2D eigenvalue weighted by Crippen LogP contribution is -2.35. The summed E-state index contributed by atoms with van der Waals surface area (Å²) in [6.07, 6.45) is 9.44. The Morgan fingerprint density at radius 1 is 1.02 bits per heavy atom. The van der Waals surface area contributed by atoms with Gasteiger partial charge in [0, 0.05) is 54.3 Å². The zero-order chi connectivity index (χ0) is 28.9. The molecule has 2 saturated carbocycles. The average Bonchev–Trinajstić information content (AvgIpc) is 3.79. The lowest BCUT2D eigenvalue weighted by molar-refractivity contribution is -0.120. The molecule has 2 N–H and O–H groups in total. The highest BCUT2D eigenvalue weighted by Crippen LogP contribution is 2.35. The van der Waals surface area contributed by atoms with E-state index in [4.69, 9.17) is 14.7 Å². The minimum atomic E-state index is -0.303. The summed E-state index contributed by atoms with van der Waals surface area (Å²) in [6, 6.07) is 16.0. The fourth-order valence-corrected chi connectivity index (χ4v) is 5.75. The van der Waals surface area contributed by atoms with Gasteiger partial charge in [0.05, 0.1) is 5.69 Å². The molecule has 42 heavy (non-hydrogen) atoms. The Hall–Kier alpha value is -3.78. The molecule has 7 nitrogen and oxygen atoms in total. The van der Waals surface area contributed by atoms with E-state index in [9.17, 15) is 9.18 Å². The number of rotatable bonds is 11. The van der Waals surface area contributed by atoms with Crippen molar-refractivity contribution in [3.8, 4) is 11.3 Å². The summed E-state index contributed by atoms with van der Waals surface area (Å²) in [5.74, 6) is 1.95. The molecule has 1 saturated heterocycles. The number of nitrogens with zero attached hydrogens (tertiary/aromatic N) is 3. The van der Waals surface area contributed by atoms with Crippen LogP contribution < -0.4 is 10.6 Å². The van der Waals surface area contributed by atoms with Crippen LogP contribution in [0, 0.1) is 11.7 Å². The van der Waals surface area contributed by atoms with Crippen LogP contribution >= 0.6 is 0 Å². The second kappa shape index (κ2) is 13.0. The van der Waals surface area contributed by atoms with Crippen molar-refractivity contribution in [2.75, 3.05) is 36.9 Å². The molecule has 1 amide bonds. The van der Waals surface area contributed by atoms with Gasteiger partial charge in [-0.25, -0.2) is 14.4 Å². The van der Waals surface area contributed by atoms with E-state index in [2.05, 4.69) is 22.5 Å². The van der Waals surface area contributed by atoms with E-state index in [1.807, 2.05) is 36.4 Å². The van der Waals surface area contributed by atoms with E-state index in [0.29, 0.717) is 23.8 Å². The number of allylic oxidation sites excluding steroid dienone is 2. The first kappa shape index (κ1) is 28.3. The summed E-state index contributed by atoms with van der Waals surface area (Å²) in [5, 5.41) is 6.21. The Morgan fingerprint density at radius 2 is 1.86 bits per heavy atom. The van der Waals surface area contributed by atoms with Gasteiger partial charge in [-0.2, -0.15) is 0 Å². The van der Waals surface area contributed by atoms with Crippen molar-refractivity contribution in [1.82, 2.24) is 14.9 Å². The quantitative estimate of drug-likeness (QED) is 0.234. The lowest BCUT2D eigenvalue weighted by atomic mass is 9.89. The van der Waals surface area contributed by atoms with Gasteiger partial charge in [-0.15, -0.1) is 0 Å². The first-order chi connectivity index (χ1) is 20.5. The molecular weight excluding hydrogens is 529 g/mol. The fraction of sp³-hybridized carbons (Fsp3) is 0.441. The van der Waals surface area contributed by atoms with Gasteiger partial charge in [0.15, 0.2) is 0 Å².